The van der Waals surface area contributed by atoms with Gasteiger partial charge in [-0.15, -0.1) is 24.8 Å². The first-order chi connectivity index (χ1) is 16.2. The molecule has 0 aliphatic carbocycles. The van der Waals surface area contributed by atoms with Crippen molar-refractivity contribution in [2.24, 2.45) is 0 Å². The van der Waals surface area contributed by atoms with E-state index < -0.39 is 0 Å². The fraction of sp³-hybridized carbons (Fsp3) is 0.385. The third-order valence-corrected chi connectivity index (χ3v) is 6.22. The summed E-state index contributed by atoms with van der Waals surface area (Å²) in [5.41, 5.74) is 4.47. The maximum absolute atomic E-state index is 13.0. The van der Waals surface area contributed by atoms with Crippen LogP contribution in [0, 0.1) is 6.92 Å². The number of hydrogen-bond donors (Lipinski definition) is 3. The summed E-state index contributed by atoms with van der Waals surface area (Å²) in [6, 6.07) is 15.4. The molecule has 0 saturated carbocycles. The van der Waals surface area contributed by atoms with E-state index in [-0.39, 0.29) is 36.3 Å². The minimum absolute atomic E-state index is 0. The standard InChI is InChI=1S/C26H33ClN6O.2ClH/c1-18-5-8-20(9-6-18)33-24(16-23(31-33)26(2,3)4)30-25(34)29-22-15-19(7-10-21(22)27)17-32-13-11-28-12-14-32;;/h5-10,15-16,28H,11-14,17H2,1-4H3,(H2,29,30,34);2*1H. The molecule has 1 fully saturated rings. The number of nitrogens with one attached hydrogen (secondary N) is 3. The summed E-state index contributed by atoms with van der Waals surface area (Å²) in [4.78, 5) is 15.4. The van der Waals surface area contributed by atoms with Crippen molar-refractivity contribution >= 4 is 54.0 Å². The van der Waals surface area contributed by atoms with Crippen LogP contribution in [-0.2, 0) is 12.0 Å². The van der Waals surface area contributed by atoms with Crippen molar-refractivity contribution in [2.45, 2.75) is 39.7 Å². The summed E-state index contributed by atoms with van der Waals surface area (Å²) in [6.07, 6.45) is 0. The third-order valence-electron chi connectivity index (χ3n) is 5.89. The van der Waals surface area contributed by atoms with Gasteiger partial charge >= 0.3 is 6.03 Å². The number of nitrogens with zero attached hydrogens (tertiary/aromatic N) is 3. The second kappa shape index (κ2) is 12.8. The maximum Gasteiger partial charge on any atom is 0.324 e. The predicted molar refractivity (Wildman–Crippen MR) is 154 cm³/mol. The molecule has 36 heavy (non-hydrogen) atoms. The molecule has 1 aliphatic heterocycles. The number of amides is 2. The second-order valence-electron chi connectivity index (χ2n) is 9.83. The van der Waals surface area contributed by atoms with E-state index in [9.17, 15) is 4.79 Å². The Hall–Kier alpha value is -2.29. The molecular formula is C26H35Cl3N6O. The zero-order valence-electron chi connectivity index (χ0n) is 21.1. The van der Waals surface area contributed by atoms with E-state index in [1.165, 1.54) is 0 Å². The molecule has 2 aromatic carbocycles. The maximum atomic E-state index is 13.0. The van der Waals surface area contributed by atoms with Crippen molar-refractivity contribution in [1.29, 1.82) is 0 Å². The Morgan fingerprint density at radius 1 is 1.03 bits per heavy atom. The van der Waals surface area contributed by atoms with Gasteiger partial charge in [-0.05, 0) is 36.8 Å². The van der Waals surface area contributed by atoms with Crippen molar-refractivity contribution in [3.8, 4) is 5.69 Å². The van der Waals surface area contributed by atoms with Gasteiger partial charge in [0.2, 0.25) is 0 Å². The first kappa shape index (κ1) is 29.9. The minimum Gasteiger partial charge on any atom is -0.314 e. The third kappa shape index (κ3) is 7.60. The van der Waals surface area contributed by atoms with E-state index in [2.05, 4.69) is 41.6 Å². The number of anilines is 2. The normalized spacial score (nSPS) is 13.9. The van der Waals surface area contributed by atoms with Crippen LogP contribution in [0.5, 0.6) is 0 Å². The lowest BCUT2D eigenvalue weighted by Crippen LogP contribution is -2.42. The zero-order valence-corrected chi connectivity index (χ0v) is 23.5. The Morgan fingerprint density at radius 3 is 2.33 bits per heavy atom. The molecule has 3 N–H and O–H groups in total. The Labute approximate surface area is 230 Å². The highest BCUT2D eigenvalue weighted by atomic mass is 35.5. The zero-order chi connectivity index (χ0) is 24.3. The minimum atomic E-state index is -0.366. The quantitative estimate of drug-likeness (QED) is 0.361. The summed E-state index contributed by atoms with van der Waals surface area (Å²) in [5.74, 6) is 0.597. The summed E-state index contributed by atoms with van der Waals surface area (Å²) >= 11 is 6.41. The fourth-order valence-corrected chi connectivity index (χ4v) is 4.05. The number of urea groups is 1. The van der Waals surface area contributed by atoms with Crippen LogP contribution >= 0.6 is 36.4 Å². The van der Waals surface area contributed by atoms with Gasteiger partial charge in [-0.1, -0.05) is 56.1 Å². The smallest absolute Gasteiger partial charge is 0.314 e. The van der Waals surface area contributed by atoms with E-state index in [1.54, 1.807) is 4.68 Å². The molecule has 0 bridgehead atoms. The number of carbonyl (C=O) groups is 1. The largest absolute Gasteiger partial charge is 0.324 e. The molecule has 1 aromatic heterocycles. The lowest BCUT2D eigenvalue weighted by Gasteiger charge is -2.27. The van der Waals surface area contributed by atoms with E-state index in [0.717, 1.165) is 55.2 Å². The number of halogens is 3. The molecule has 0 atom stereocenters. The molecule has 2 heterocycles. The summed E-state index contributed by atoms with van der Waals surface area (Å²) < 4.78 is 1.77. The molecule has 1 saturated heterocycles. The summed E-state index contributed by atoms with van der Waals surface area (Å²) in [6.45, 7) is 13.2. The van der Waals surface area contributed by atoms with Crippen molar-refractivity contribution < 1.29 is 4.79 Å². The molecule has 4 rings (SSSR count). The number of carbonyl (C=O) groups excluding carboxylic acids is 1. The van der Waals surface area contributed by atoms with Gasteiger partial charge in [-0.25, -0.2) is 9.48 Å². The van der Waals surface area contributed by atoms with Crippen LogP contribution in [0.25, 0.3) is 5.69 Å². The first-order valence-electron chi connectivity index (χ1n) is 11.7. The number of hydrogen-bond acceptors (Lipinski definition) is 4. The molecule has 196 valence electrons. The predicted octanol–water partition coefficient (Wildman–Crippen LogP) is 6.02. The van der Waals surface area contributed by atoms with E-state index in [4.69, 9.17) is 16.7 Å². The van der Waals surface area contributed by atoms with Gasteiger partial charge in [0, 0.05) is 44.2 Å². The van der Waals surface area contributed by atoms with E-state index in [0.29, 0.717) is 16.5 Å². The lowest BCUT2D eigenvalue weighted by atomic mass is 9.92. The molecule has 2 amide bonds. The van der Waals surface area contributed by atoms with Gasteiger partial charge in [0.15, 0.2) is 0 Å². The van der Waals surface area contributed by atoms with Crippen LogP contribution in [0.1, 0.15) is 37.6 Å². The number of rotatable bonds is 5. The number of aryl methyl sites for hydroxylation is 1. The highest BCUT2D eigenvalue weighted by Gasteiger charge is 2.22. The second-order valence-corrected chi connectivity index (χ2v) is 10.2. The van der Waals surface area contributed by atoms with Crippen LogP contribution in [0.2, 0.25) is 5.02 Å². The van der Waals surface area contributed by atoms with E-state index >= 15 is 0 Å². The fourth-order valence-electron chi connectivity index (χ4n) is 3.88. The Bertz CT molecular complexity index is 1150. The lowest BCUT2D eigenvalue weighted by molar-refractivity contribution is 0.233. The number of piperazine rings is 1. The van der Waals surface area contributed by atoms with Gasteiger partial charge in [0.25, 0.3) is 0 Å². The van der Waals surface area contributed by atoms with Crippen LogP contribution in [0.3, 0.4) is 0 Å². The SMILES string of the molecule is Cc1ccc(-n2nc(C(C)(C)C)cc2NC(=O)Nc2cc(CN3CCNCC3)ccc2Cl)cc1.Cl.Cl. The molecule has 0 spiro atoms. The van der Waals surface area contributed by atoms with Gasteiger partial charge in [-0.3, -0.25) is 10.2 Å². The Balaban J connectivity index is 0.00000228. The Morgan fingerprint density at radius 2 is 1.69 bits per heavy atom. The van der Waals surface area contributed by atoms with Gasteiger partial charge in [0.1, 0.15) is 5.82 Å². The molecular weight excluding hydrogens is 519 g/mol. The van der Waals surface area contributed by atoms with Crippen LogP contribution in [0.15, 0.2) is 48.5 Å². The highest BCUT2D eigenvalue weighted by Crippen LogP contribution is 2.28. The van der Waals surface area contributed by atoms with Gasteiger partial charge in [-0.2, -0.15) is 5.10 Å². The molecule has 7 nitrogen and oxygen atoms in total. The molecule has 3 aromatic rings. The average Bonchev–Trinajstić information content (AvgIpc) is 3.21. The summed E-state index contributed by atoms with van der Waals surface area (Å²) in [5, 5.41) is 14.5. The number of benzene rings is 2. The topological polar surface area (TPSA) is 74.2 Å². The molecule has 0 unspecified atom stereocenters. The van der Waals surface area contributed by atoms with Crippen molar-refractivity contribution in [3.63, 3.8) is 0 Å². The first-order valence-corrected chi connectivity index (χ1v) is 12.0. The monoisotopic (exact) mass is 552 g/mol. The van der Waals surface area contributed by atoms with Crippen molar-refractivity contribution in [3.05, 3.63) is 70.4 Å². The molecule has 0 radical (unpaired) electrons. The van der Waals surface area contributed by atoms with Crippen LogP contribution in [0.4, 0.5) is 16.3 Å². The molecule has 1 aliphatic rings. The van der Waals surface area contributed by atoms with Crippen LogP contribution < -0.4 is 16.0 Å². The molecule has 10 heteroatoms. The van der Waals surface area contributed by atoms with Crippen molar-refractivity contribution in [1.82, 2.24) is 20.0 Å². The average molecular weight is 554 g/mol. The summed E-state index contributed by atoms with van der Waals surface area (Å²) in [7, 11) is 0. The Kier molecular flexibility index (Phi) is 10.6. The van der Waals surface area contributed by atoms with Crippen molar-refractivity contribution in [2.75, 3.05) is 36.8 Å². The highest BCUT2D eigenvalue weighted by molar-refractivity contribution is 6.33. The number of aromatic nitrogens is 2. The van der Waals surface area contributed by atoms with Crippen LogP contribution in [-0.4, -0.2) is 46.9 Å². The van der Waals surface area contributed by atoms with E-state index in [1.807, 2.05) is 55.5 Å². The van der Waals surface area contributed by atoms with Gasteiger partial charge < -0.3 is 10.6 Å². The van der Waals surface area contributed by atoms with Gasteiger partial charge in [0.05, 0.1) is 22.1 Å².